The van der Waals surface area contributed by atoms with Gasteiger partial charge in [-0.1, -0.05) is 0 Å². The summed E-state index contributed by atoms with van der Waals surface area (Å²) in [6, 6.07) is 0.341. The summed E-state index contributed by atoms with van der Waals surface area (Å²) in [5, 5.41) is 0. The molecule has 2 heterocycles. The lowest BCUT2D eigenvalue weighted by Crippen LogP contribution is -2.48. The normalized spacial score (nSPS) is 23.9. The van der Waals surface area contributed by atoms with E-state index in [0.29, 0.717) is 24.3 Å². The molecule has 2 unspecified atom stereocenters. The summed E-state index contributed by atoms with van der Waals surface area (Å²) < 4.78 is 1.76. The van der Waals surface area contributed by atoms with Crippen molar-refractivity contribution in [2.45, 2.75) is 52.1 Å². The van der Waals surface area contributed by atoms with E-state index < -0.39 is 0 Å². The molecule has 0 bridgehead atoms. The van der Waals surface area contributed by atoms with Crippen molar-refractivity contribution in [3.05, 3.63) is 22.7 Å². The standard InChI is InChI=1S/C15H26N4O/c1-11-5-6-12(9-16)10-18(11)13-14(20)19(8-7-17-13)15(2,3)4/h7-8,11-12H,5-6,9-10,16H2,1-4H3. The van der Waals surface area contributed by atoms with E-state index in [1.165, 1.54) is 0 Å². The van der Waals surface area contributed by atoms with Gasteiger partial charge in [-0.15, -0.1) is 0 Å². The molecule has 0 radical (unpaired) electrons. The van der Waals surface area contributed by atoms with Crippen molar-refractivity contribution >= 4 is 5.82 Å². The Morgan fingerprint density at radius 1 is 1.40 bits per heavy atom. The maximum atomic E-state index is 12.7. The van der Waals surface area contributed by atoms with Crippen molar-refractivity contribution in [3.8, 4) is 0 Å². The van der Waals surface area contributed by atoms with Crippen LogP contribution < -0.4 is 16.2 Å². The Hall–Kier alpha value is -1.36. The second-order valence-corrected chi connectivity index (χ2v) is 6.78. The Morgan fingerprint density at radius 3 is 2.70 bits per heavy atom. The first-order valence-corrected chi connectivity index (χ1v) is 7.39. The third kappa shape index (κ3) is 2.87. The molecule has 2 N–H and O–H groups in total. The second-order valence-electron chi connectivity index (χ2n) is 6.78. The van der Waals surface area contributed by atoms with E-state index >= 15 is 0 Å². The minimum Gasteiger partial charge on any atom is -0.349 e. The zero-order chi connectivity index (χ0) is 14.9. The lowest BCUT2D eigenvalue weighted by atomic mass is 9.93. The number of nitrogens with zero attached hydrogens (tertiary/aromatic N) is 3. The lowest BCUT2D eigenvalue weighted by molar-refractivity contribution is 0.360. The van der Waals surface area contributed by atoms with E-state index in [9.17, 15) is 4.79 Å². The minimum absolute atomic E-state index is 0.00970. The average Bonchev–Trinajstić information content (AvgIpc) is 2.38. The Kier molecular flexibility index (Phi) is 4.18. The highest BCUT2D eigenvalue weighted by Crippen LogP contribution is 2.24. The summed E-state index contributed by atoms with van der Waals surface area (Å²) in [6.45, 7) is 9.74. The summed E-state index contributed by atoms with van der Waals surface area (Å²) in [5.41, 5.74) is 5.55. The number of rotatable bonds is 2. The van der Waals surface area contributed by atoms with Crippen LogP contribution in [0.5, 0.6) is 0 Å². The number of hydrogen-bond acceptors (Lipinski definition) is 4. The molecule has 1 aromatic rings. The van der Waals surface area contributed by atoms with Gasteiger partial charge in [0.2, 0.25) is 0 Å². The zero-order valence-corrected chi connectivity index (χ0v) is 13.0. The van der Waals surface area contributed by atoms with E-state index in [1.54, 1.807) is 17.0 Å². The molecule has 5 nitrogen and oxygen atoms in total. The Balaban J connectivity index is 2.39. The van der Waals surface area contributed by atoms with Crippen molar-refractivity contribution in [3.63, 3.8) is 0 Å². The molecule has 0 spiro atoms. The monoisotopic (exact) mass is 278 g/mol. The number of nitrogens with two attached hydrogens (primary N) is 1. The lowest BCUT2D eigenvalue weighted by Gasteiger charge is -2.38. The minimum atomic E-state index is -0.235. The summed E-state index contributed by atoms with van der Waals surface area (Å²) in [6.07, 6.45) is 5.68. The molecular weight excluding hydrogens is 252 g/mol. The van der Waals surface area contributed by atoms with Crippen LogP contribution in [-0.2, 0) is 5.54 Å². The molecule has 1 aliphatic rings. The molecule has 112 valence electrons. The molecular formula is C15H26N4O. The van der Waals surface area contributed by atoms with Gasteiger partial charge in [-0.2, -0.15) is 0 Å². The maximum absolute atomic E-state index is 12.7. The summed E-state index contributed by atoms with van der Waals surface area (Å²) >= 11 is 0. The van der Waals surface area contributed by atoms with Gasteiger partial charge in [-0.3, -0.25) is 4.79 Å². The second kappa shape index (κ2) is 5.56. The highest BCUT2D eigenvalue weighted by Gasteiger charge is 2.28. The third-order valence-electron chi connectivity index (χ3n) is 4.13. The molecule has 0 amide bonds. The highest BCUT2D eigenvalue weighted by atomic mass is 16.1. The molecule has 1 saturated heterocycles. The van der Waals surface area contributed by atoms with E-state index in [1.807, 2.05) is 20.8 Å². The molecule has 0 aromatic carbocycles. The number of piperidine rings is 1. The Morgan fingerprint density at radius 2 is 2.10 bits per heavy atom. The maximum Gasteiger partial charge on any atom is 0.293 e. The van der Waals surface area contributed by atoms with Crippen LogP contribution in [0.4, 0.5) is 5.82 Å². The van der Waals surface area contributed by atoms with Gasteiger partial charge < -0.3 is 15.2 Å². The van der Waals surface area contributed by atoms with Crippen LogP contribution >= 0.6 is 0 Å². The molecule has 1 aromatic heterocycles. The van der Waals surface area contributed by atoms with Crippen LogP contribution in [0.3, 0.4) is 0 Å². The van der Waals surface area contributed by atoms with E-state index in [-0.39, 0.29) is 11.1 Å². The van der Waals surface area contributed by atoms with Gasteiger partial charge in [0.15, 0.2) is 5.82 Å². The molecule has 0 aliphatic carbocycles. The van der Waals surface area contributed by atoms with Gasteiger partial charge in [0, 0.05) is 30.5 Å². The SMILES string of the molecule is CC1CCC(CN)CN1c1nccn(C(C)(C)C)c1=O. The Bertz CT molecular complexity index is 517. The predicted octanol–water partition coefficient (Wildman–Crippen LogP) is 1.56. The van der Waals surface area contributed by atoms with Gasteiger partial charge >= 0.3 is 0 Å². The fraction of sp³-hybridized carbons (Fsp3) is 0.733. The van der Waals surface area contributed by atoms with Crippen molar-refractivity contribution in [1.29, 1.82) is 0 Å². The van der Waals surface area contributed by atoms with Crippen LogP contribution in [0.25, 0.3) is 0 Å². The Labute approximate surface area is 120 Å². The molecule has 1 aliphatic heterocycles. The van der Waals surface area contributed by atoms with Gasteiger partial charge in [-0.25, -0.2) is 4.98 Å². The average molecular weight is 278 g/mol. The van der Waals surface area contributed by atoms with Crippen LogP contribution in [0.2, 0.25) is 0 Å². The highest BCUT2D eigenvalue weighted by molar-refractivity contribution is 5.38. The van der Waals surface area contributed by atoms with Gasteiger partial charge in [0.05, 0.1) is 0 Å². The van der Waals surface area contributed by atoms with Crippen molar-refractivity contribution in [2.75, 3.05) is 18.0 Å². The van der Waals surface area contributed by atoms with Crippen molar-refractivity contribution < 1.29 is 0 Å². The molecule has 0 saturated carbocycles. The first-order chi connectivity index (χ1) is 9.34. The van der Waals surface area contributed by atoms with Crippen LogP contribution in [0.1, 0.15) is 40.5 Å². The summed E-state index contributed by atoms with van der Waals surface area (Å²) in [7, 11) is 0. The quantitative estimate of drug-likeness (QED) is 0.891. The first kappa shape index (κ1) is 15.0. The molecule has 20 heavy (non-hydrogen) atoms. The van der Waals surface area contributed by atoms with Gasteiger partial charge in [-0.05, 0) is 53.0 Å². The molecule has 2 rings (SSSR count). The van der Waals surface area contributed by atoms with Crippen molar-refractivity contribution in [1.82, 2.24) is 9.55 Å². The van der Waals surface area contributed by atoms with Crippen LogP contribution in [0.15, 0.2) is 17.2 Å². The summed E-state index contributed by atoms with van der Waals surface area (Å²) in [4.78, 5) is 19.2. The molecule has 1 fully saturated rings. The fourth-order valence-electron chi connectivity index (χ4n) is 2.80. The van der Waals surface area contributed by atoms with Gasteiger partial charge in [0.25, 0.3) is 5.56 Å². The number of aromatic nitrogens is 2. The number of hydrogen-bond donors (Lipinski definition) is 1. The largest absolute Gasteiger partial charge is 0.349 e. The van der Waals surface area contributed by atoms with Crippen molar-refractivity contribution in [2.24, 2.45) is 11.7 Å². The van der Waals surface area contributed by atoms with E-state index in [2.05, 4.69) is 16.8 Å². The molecule has 5 heteroatoms. The van der Waals surface area contributed by atoms with E-state index in [4.69, 9.17) is 5.73 Å². The summed E-state index contributed by atoms with van der Waals surface area (Å²) in [5.74, 6) is 1.02. The third-order valence-corrected chi connectivity index (χ3v) is 4.13. The smallest absolute Gasteiger partial charge is 0.293 e. The van der Waals surface area contributed by atoms with Crippen LogP contribution in [-0.4, -0.2) is 28.7 Å². The molecule has 2 atom stereocenters. The first-order valence-electron chi connectivity index (χ1n) is 7.39. The van der Waals surface area contributed by atoms with Crippen LogP contribution in [0, 0.1) is 5.92 Å². The topological polar surface area (TPSA) is 64.2 Å². The zero-order valence-electron chi connectivity index (χ0n) is 13.0. The van der Waals surface area contributed by atoms with E-state index in [0.717, 1.165) is 19.4 Å². The van der Waals surface area contributed by atoms with Gasteiger partial charge in [0.1, 0.15) is 0 Å². The predicted molar refractivity (Wildman–Crippen MR) is 82.1 cm³/mol. The number of anilines is 1. The fourth-order valence-corrected chi connectivity index (χ4v) is 2.80.